The lowest BCUT2D eigenvalue weighted by Gasteiger charge is -2.18. The van der Waals surface area contributed by atoms with Gasteiger partial charge in [0.2, 0.25) is 0 Å². The first-order valence-corrected chi connectivity index (χ1v) is 11.5. The normalized spacial score (nSPS) is 11.9. The van der Waals surface area contributed by atoms with Crippen LogP contribution < -0.4 is 21.7 Å². The highest BCUT2D eigenvalue weighted by Gasteiger charge is 2.19. The zero-order valence-electron chi connectivity index (χ0n) is 20.1. The zero-order valence-corrected chi connectivity index (χ0v) is 20.1. The molecule has 0 amide bonds. The van der Waals surface area contributed by atoms with Gasteiger partial charge in [-0.25, -0.2) is 9.78 Å². The van der Waals surface area contributed by atoms with Gasteiger partial charge >= 0.3 is 5.69 Å². The lowest BCUT2D eigenvalue weighted by Crippen LogP contribution is -2.33. The zero-order chi connectivity index (χ0) is 24.5. The largest absolute Gasteiger partial charge is 0.494 e. The summed E-state index contributed by atoms with van der Waals surface area (Å²) in [5.74, 6) is 1.14. The van der Waals surface area contributed by atoms with Crippen molar-refractivity contribution in [1.82, 2.24) is 19.5 Å². The number of nitrogens with zero attached hydrogens (tertiary/aromatic N) is 3. The Bertz CT molecular complexity index is 1400. The molecule has 0 radical (unpaired) electrons. The number of aryl methyl sites for hydroxylation is 4. The van der Waals surface area contributed by atoms with Gasteiger partial charge in [-0.15, -0.1) is 0 Å². The second-order valence-corrected chi connectivity index (χ2v) is 9.57. The summed E-state index contributed by atoms with van der Waals surface area (Å²) in [5.41, 5.74) is 9.71. The molecule has 0 bridgehead atoms. The first-order chi connectivity index (χ1) is 16.1. The molecule has 0 aromatic heterocycles. The van der Waals surface area contributed by atoms with Crippen LogP contribution in [0.4, 0.5) is 0 Å². The van der Waals surface area contributed by atoms with Crippen molar-refractivity contribution < 1.29 is 4.74 Å². The van der Waals surface area contributed by atoms with Crippen molar-refractivity contribution in [2.75, 3.05) is 6.61 Å². The molecule has 0 aliphatic carbocycles. The van der Waals surface area contributed by atoms with Crippen molar-refractivity contribution in [3.05, 3.63) is 73.9 Å². The van der Waals surface area contributed by atoms with Crippen molar-refractivity contribution in [3.63, 3.8) is 0 Å². The Morgan fingerprint density at radius 1 is 1.06 bits per heavy atom. The Labute approximate surface area is 198 Å². The lowest BCUT2D eigenvalue weighted by molar-refractivity contribution is 0.274. The number of nitrogens with two attached hydrogens (primary N) is 1. The van der Waals surface area contributed by atoms with Gasteiger partial charge in [0, 0.05) is 12.1 Å². The summed E-state index contributed by atoms with van der Waals surface area (Å²) in [5, 5.41) is 0. The third kappa shape index (κ3) is 5.34. The van der Waals surface area contributed by atoms with Crippen molar-refractivity contribution >= 4 is 11.0 Å². The summed E-state index contributed by atoms with van der Waals surface area (Å²) >= 11 is 0. The molecule has 8 heteroatoms. The average Bonchev–Trinajstić information content (AvgIpc) is 2.75. The van der Waals surface area contributed by atoms with E-state index in [1.54, 1.807) is 0 Å². The van der Waals surface area contributed by atoms with Crippen LogP contribution in [0, 0.1) is 13.8 Å². The van der Waals surface area contributed by atoms with Gasteiger partial charge in [0.05, 0.1) is 17.6 Å². The number of nitrogens with one attached hydrogen (secondary N) is 1. The fraction of sp³-hybridized carbons (Fsp3) is 0.385. The van der Waals surface area contributed by atoms with Gasteiger partial charge in [-0.3, -0.25) is 9.78 Å². The third-order valence-corrected chi connectivity index (χ3v) is 6.01. The third-order valence-electron chi connectivity index (χ3n) is 6.01. The summed E-state index contributed by atoms with van der Waals surface area (Å²) in [6.45, 7) is 9.19. The predicted octanol–water partition coefficient (Wildman–Crippen LogP) is 3.34. The van der Waals surface area contributed by atoms with Crippen molar-refractivity contribution in [2.45, 2.75) is 59.0 Å². The summed E-state index contributed by atoms with van der Waals surface area (Å²) in [6.07, 6.45) is 2.41. The highest BCUT2D eigenvalue weighted by atomic mass is 16.5. The Balaban J connectivity index is 1.54. The first kappa shape index (κ1) is 23.6. The van der Waals surface area contributed by atoms with Gasteiger partial charge in [-0.2, -0.15) is 4.98 Å². The van der Waals surface area contributed by atoms with E-state index < -0.39 is 11.2 Å². The van der Waals surface area contributed by atoms with Crippen LogP contribution in [-0.2, 0) is 13.0 Å². The number of benzene rings is 2. The van der Waals surface area contributed by atoms with E-state index in [0.717, 1.165) is 41.7 Å². The van der Waals surface area contributed by atoms with Crippen LogP contribution in [-0.4, -0.2) is 31.7 Å². The van der Waals surface area contributed by atoms with Crippen molar-refractivity contribution in [3.8, 4) is 17.3 Å². The van der Waals surface area contributed by atoms with Crippen molar-refractivity contribution in [1.29, 1.82) is 0 Å². The fourth-order valence-electron chi connectivity index (χ4n) is 3.90. The van der Waals surface area contributed by atoms with E-state index in [0.29, 0.717) is 24.5 Å². The summed E-state index contributed by atoms with van der Waals surface area (Å²) < 4.78 is 7.73. The number of ether oxygens (including phenoxy) is 1. The van der Waals surface area contributed by atoms with Gasteiger partial charge in [0.25, 0.3) is 5.56 Å². The van der Waals surface area contributed by atoms with Gasteiger partial charge in [-0.1, -0.05) is 12.1 Å². The second-order valence-electron chi connectivity index (χ2n) is 9.57. The first-order valence-electron chi connectivity index (χ1n) is 11.5. The molecular weight excluding hydrogens is 430 g/mol. The molecule has 0 unspecified atom stereocenters. The molecule has 0 saturated heterocycles. The number of H-pyrrole nitrogens is 1. The molecule has 0 spiro atoms. The maximum absolute atomic E-state index is 12.4. The van der Waals surface area contributed by atoms with Crippen LogP contribution >= 0.6 is 0 Å². The molecule has 34 heavy (non-hydrogen) atoms. The smallest absolute Gasteiger partial charge is 0.349 e. The summed E-state index contributed by atoms with van der Waals surface area (Å²) in [4.78, 5) is 35.2. The number of fused-ring (bicyclic) bond motifs is 2. The number of aromatic amines is 1. The predicted molar refractivity (Wildman–Crippen MR) is 134 cm³/mol. The monoisotopic (exact) mass is 461 g/mol. The van der Waals surface area contributed by atoms with Crippen LogP contribution in [0.25, 0.3) is 22.6 Å². The topological polar surface area (TPSA) is 116 Å². The van der Waals surface area contributed by atoms with Gasteiger partial charge < -0.3 is 15.0 Å². The molecule has 0 atom stereocenters. The highest BCUT2D eigenvalue weighted by Crippen LogP contribution is 2.24. The average molecular weight is 462 g/mol. The maximum Gasteiger partial charge on any atom is 0.349 e. The van der Waals surface area contributed by atoms with Gasteiger partial charge in [0.1, 0.15) is 5.75 Å². The lowest BCUT2D eigenvalue weighted by atomic mass is 10.0. The molecule has 2 aliphatic heterocycles. The Morgan fingerprint density at radius 3 is 2.47 bits per heavy atom. The van der Waals surface area contributed by atoms with E-state index in [1.807, 2.05) is 56.5 Å². The van der Waals surface area contributed by atoms with E-state index in [4.69, 9.17) is 10.5 Å². The number of aromatic nitrogens is 4. The minimum absolute atomic E-state index is 0.178. The van der Waals surface area contributed by atoms with Crippen LogP contribution in [0.5, 0.6) is 5.75 Å². The Hall–Kier alpha value is -3.52. The standard InChI is InChI=1S/C26H31N5O3/c1-16-14-20-21(15-17(16)2)31(23-22(28-20)24(32)30-25(33)29-23)12-5-6-18-7-9-19(10-8-18)34-13-11-26(3,4)27/h7-10,14-15H,5-6,11-13,27H2,1-4H3,(H,30,32,33). The molecule has 2 aromatic rings. The minimum atomic E-state index is -0.662. The minimum Gasteiger partial charge on any atom is -0.494 e. The van der Waals surface area contributed by atoms with E-state index in [1.165, 1.54) is 5.56 Å². The van der Waals surface area contributed by atoms with Crippen LogP contribution in [0.15, 0.2) is 46.0 Å². The fourth-order valence-corrected chi connectivity index (χ4v) is 3.90. The van der Waals surface area contributed by atoms with E-state index in [-0.39, 0.29) is 11.2 Å². The molecule has 0 fully saturated rings. The Kier molecular flexibility index (Phi) is 6.52. The number of hydrogen-bond donors (Lipinski definition) is 2. The molecule has 0 saturated carbocycles. The van der Waals surface area contributed by atoms with E-state index in [9.17, 15) is 9.59 Å². The van der Waals surface area contributed by atoms with E-state index >= 15 is 0 Å². The molecule has 4 rings (SSSR count). The maximum atomic E-state index is 12.4. The number of rotatable bonds is 8. The van der Waals surface area contributed by atoms with Crippen LogP contribution in [0.2, 0.25) is 0 Å². The van der Waals surface area contributed by atoms with E-state index in [2.05, 4.69) is 27.1 Å². The molecule has 2 heterocycles. The molecule has 8 nitrogen and oxygen atoms in total. The molecular formula is C26H31N5O3. The van der Waals surface area contributed by atoms with Crippen LogP contribution in [0.3, 0.4) is 0 Å². The summed E-state index contributed by atoms with van der Waals surface area (Å²) in [7, 11) is 0. The summed E-state index contributed by atoms with van der Waals surface area (Å²) in [6, 6.07) is 12.1. The van der Waals surface area contributed by atoms with Gasteiger partial charge in [-0.05, 0) is 87.9 Å². The Morgan fingerprint density at radius 2 is 1.76 bits per heavy atom. The number of hydrogen-bond acceptors (Lipinski definition) is 6. The quantitative estimate of drug-likeness (QED) is 0.389. The molecule has 178 valence electrons. The van der Waals surface area contributed by atoms with Crippen LogP contribution in [0.1, 0.15) is 43.4 Å². The highest BCUT2D eigenvalue weighted by molar-refractivity contribution is 5.81. The molecule has 2 aromatic carbocycles. The van der Waals surface area contributed by atoms with Gasteiger partial charge in [0.15, 0.2) is 11.5 Å². The molecule has 3 N–H and O–H groups in total. The van der Waals surface area contributed by atoms with Crippen molar-refractivity contribution in [2.24, 2.45) is 5.73 Å². The molecule has 2 aliphatic rings. The SMILES string of the molecule is Cc1cc2nc3c(=O)[nH]c(=O)nc-3n(CCCc3ccc(OCCC(C)(C)N)cc3)c2cc1C. The second kappa shape index (κ2) is 9.38.